The number of halogens is 3. The van der Waals surface area contributed by atoms with E-state index in [1.807, 2.05) is 6.92 Å². The monoisotopic (exact) mass is 367 g/mol. The summed E-state index contributed by atoms with van der Waals surface area (Å²) >= 11 is 11.8. The van der Waals surface area contributed by atoms with Gasteiger partial charge < -0.3 is 16.0 Å². The Bertz CT molecular complexity index is 512. The van der Waals surface area contributed by atoms with Crippen molar-refractivity contribution in [3.63, 3.8) is 0 Å². The van der Waals surface area contributed by atoms with E-state index in [-0.39, 0.29) is 28.9 Å². The van der Waals surface area contributed by atoms with Gasteiger partial charge in [-0.1, -0.05) is 36.2 Å². The predicted molar refractivity (Wildman–Crippen MR) is 92.2 cm³/mol. The molecule has 0 fully saturated rings. The molecule has 2 amide bonds. The van der Waals surface area contributed by atoms with Crippen LogP contribution in [0.3, 0.4) is 0 Å². The van der Waals surface area contributed by atoms with Crippen molar-refractivity contribution in [3.05, 3.63) is 33.8 Å². The van der Waals surface area contributed by atoms with Gasteiger partial charge in [0.2, 0.25) is 5.91 Å². The molecule has 0 saturated carbocycles. The summed E-state index contributed by atoms with van der Waals surface area (Å²) in [5.74, 6) is -0.684. The molecule has 0 aliphatic heterocycles. The minimum Gasteiger partial charge on any atom is -0.353 e. The van der Waals surface area contributed by atoms with Gasteiger partial charge in [0, 0.05) is 13.1 Å². The van der Waals surface area contributed by atoms with Gasteiger partial charge in [0.15, 0.2) is 0 Å². The van der Waals surface area contributed by atoms with Crippen molar-refractivity contribution in [1.82, 2.24) is 16.0 Å². The molecule has 1 unspecified atom stereocenters. The molecule has 124 valence electrons. The molecule has 1 rings (SSSR count). The molecule has 5 nitrogen and oxygen atoms in total. The lowest BCUT2D eigenvalue weighted by atomic mass is 10.2. The largest absolute Gasteiger partial charge is 0.353 e. The first-order chi connectivity index (χ1) is 9.97. The van der Waals surface area contributed by atoms with Crippen molar-refractivity contribution < 1.29 is 9.59 Å². The summed E-state index contributed by atoms with van der Waals surface area (Å²) in [5, 5.41) is 8.88. The van der Waals surface area contributed by atoms with Gasteiger partial charge in [0.1, 0.15) is 6.04 Å². The first kappa shape index (κ1) is 21.0. The summed E-state index contributed by atoms with van der Waals surface area (Å²) < 4.78 is 0. The molecule has 0 aromatic heterocycles. The number of hydrogen-bond donors (Lipinski definition) is 3. The van der Waals surface area contributed by atoms with Gasteiger partial charge in [-0.25, -0.2) is 0 Å². The third-order valence-corrected chi connectivity index (χ3v) is 3.61. The number of hydrogen-bond acceptors (Lipinski definition) is 3. The standard InChI is InChI=1S/C14H19Cl2N3O2.ClH/c1-3-17-7-8-18-13(20)9(2)19-14(21)10-5-4-6-11(15)12(10)16;/h4-6,9,17H,3,7-8H2,1-2H3,(H,18,20)(H,19,21);1H. The summed E-state index contributed by atoms with van der Waals surface area (Å²) in [6, 6.07) is 4.12. The highest BCUT2D eigenvalue weighted by molar-refractivity contribution is 6.43. The molecule has 0 radical (unpaired) electrons. The van der Waals surface area contributed by atoms with Gasteiger partial charge in [-0.05, 0) is 25.6 Å². The van der Waals surface area contributed by atoms with E-state index in [1.165, 1.54) is 0 Å². The number of rotatable bonds is 7. The van der Waals surface area contributed by atoms with Crippen molar-refractivity contribution in [1.29, 1.82) is 0 Å². The van der Waals surface area contributed by atoms with E-state index < -0.39 is 11.9 Å². The predicted octanol–water partition coefficient (Wildman–Crippen LogP) is 2.26. The van der Waals surface area contributed by atoms with Crippen LogP contribution in [0.5, 0.6) is 0 Å². The lowest BCUT2D eigenvalue weighted by Crippen LogP contribution is -2.46. The second-order valence-electron chi connectivity index (χ2n) is 4.44. The van der Waals surface area contributed by atoms with Crippen LogP contribution >= 0.6 is 35.6 Å². The zero-order valence-corrected chi connectivity index (χ0v) is 14.7. The van der Waals surface area contributed by atoms with Crippen LogP contribution in [0, 0.1) is 0 Å². The summed E-state index contributed by atoms with van der Waals surface area (Å²) in [5.41, 5.74) is 0.247. The zero-order valence-electron chi connectivity index (χ0n) is 12.4. The molecule has 0 heterocycles. The maximum atomic E-state index is 12.1. The fourth-order valence-electron chi connectivity index (χ4n) is 1.62. The van der Waals surface area contributed by atoms with E-state index in [2.05, 4.69) is 16.0 Å². The van der Waals surface area contributed by atoms with Gasteiger partial charge in [-0.2, -0.15) is 0 Å². The third-order valence-electron chi connectivity index (χ3n) is 2.79. The summed E-state index contributed by atoms with van der Waals surface area (Å²) in [7, 11) is 0. The first-order valence-electron chi connectivity index (χ1n) is 6.70. The van der Waals surface area contributed by atoms with Crippen LogP contribution in [-0.4, -0.2) is 37.5 Å². The van der Waals surface area contributed by atoms with Crippen LogP contribution in [0.25, 0.3) is 0 Å². The molecule has 0 aliphatic rings. The SMILES string of the molecule is CCNCCNC(=O)C(C)NC(=O)c1cccc(Cl)c1Cl.Cl. The summed E-state index contributed by atoms with van der Waals surface area (Å²) in [6.07, 6.45) is 0. The van der Waals surface area contributed by atoms with Crippen molar-refractivity contribution >= 4 is 47.4 Å². The van der Waals surface area contributed by atoms with E-state index in [4.69, 9.17) is 23.2 Å². The van der Waals surface area contributed by atoms with Gasteiger partial charge in [-0.15, -0.1) is 12.4 Å². The number of likely N-dealkylation sites (N-methyl/N-ethyl adjacent to an activating group) is 1. The van der Waals surface area contributed by atoms with Crippen LogP contribution in [-0.2, 0) is 4.79 Å². The lowest BCUT2D eigenvalue weighted by molar-refractivity contribution is -0.122. The molecule has 1 atom stereocenters. The van der Waals surface area contributed by atoms with Crippen LogP contribution in [0.15, 0.2) is 18.2 Å². The Morgan fingerprint density at radius 2 is 1.91 bits per heavy atom. The first-order valence-corrected chi connectivity index (χ1v) is 7.46. The molecule has 1 aromatic rings. The number of carbonyl (C=O) groups excluding carboxylic acids is 2. The molecule has 3 N–H and O–H groups in total. The second-order valence-corrected chi connectivity index (χ2v) is 5.23. The maximum Gasteiger partial charge on any atom is 0.253 e. The Morgan fingerprint density at radius 3 is 2.55 bits per heavy atom. The smallest absolute Gasteiger partial charge is 0.253 e. The van der Waals surface area contributed by atoms with Crippen LogP contribution in [0.1, 0.15) is 24.2 Å². The van der Waals surface area contributed by atoms with E-state index in [0.717, 1.165) is 6.54 Å². The molecule has 0 bridgehead atoms. The minimum absolute atomic E-state index is 0. The highest BCUT2D eigenvalue weighted by Gasteiger charge is 2.18. The number of benzene rings is 1. The number of amides is 2. The van der Waals surface area contributed by atoms with E-state index in [0.29, 0.717) is 18.1 Å². The fraction of sp³-hybridized carbons (Fsp3) is 0.429. The highest BCUT2D eigenvalue weighted by Crippen LogP contribution is 2.25. The Kier molecular flexibility index (Phi) is 10.2. The van der Waals surface area contributed by atoms with Crippen LogP contribution in [0.2, 0.25) is 10.0 Å². The van der Waals surface area contributed by atoms with E-state index in [9.17, 15) is 9.59 Å². The molecular formula is C14H20Cl3N3O2. The Labute approximate surface area is 146 Å². The Morgan fingerprint density at radius 1 is 1.23 bits per heavy atom. The molecular weight excluding hydrogens is 349 g/mol. The second kappa shape index (κ2) is 10.7. The van der Waals surface area contributed by atoms with Gasteiger partial charge in [-0.3, -0.25) is 9.59 Å². The van der Waals surface area contributed by atoms with Gasteiger partial charge >= 0.3 is 0 Å². The van der Waals surface area contributed by atoms with Crippen molar-refractivity contribution in [3.8, 4) is 0 Å². The normalized spacial score (nSPS) is 11.3. The number of carbonyl (C=O) groups is 2. The molecule has 0 spiro atoms. The molecule has 22 heavy (non-hydrogen) atoms. The Balaban J connectivity index is 0.00000441. The highest BCUT2D eigenvalue weighted by atomic mass is 35.5. The molecule has 1 aromatic carbocycles. The summed E-state index contributed by atoms with van der Waals surface area (Å²) in [6.45, 7) is 5.63. The van der Waals surface area contributed by atoms with Crippen LogP contribution < -0.4 is 16.0 Å². The van der Waals surface area contributed by atoms with Gasteiger partial charge in [0.05, 0.1) is 15.6 Å². The molecule has 0 saturated heterocycles. The number of nitrogens with one attached hydrogen (secondary N) is 3. The molecule has 0 aliphatic carbocycles. The fourth-order valence-corrected chi connectivity index (χ4v) is 2.01. The minimum atomic E-state index is -0.658. The average Bonchev–Trinajstić information content (AvgIpc) is 2.46. The average molecular weight is 369 g/mol. The maximum absolute atomic E-state index is 12.1. The quantitative estimate of drug-likeness (QED) is 0.647. The van der Waals surface area contributed by atoms with E-state index in [1.54, 1.807) is 25.1 Å². The zero-order chi connectivity index (χ0) is 15.8. The molecule has 8 heteroatoms. The topological polar surface area (TPSA) is 70.2 Å². The van der Waals surface area contributed by atoms with Crippen molar-refractivity contribution in [2.24, 2.45) is 0 Å². The van der Waals surface area contributed by atoms with Crippen molar-refractivity contribution in [2.45, 2.75) is 19.9 Å². The van der Waals surface area contributed by atoms with E-state index >= 15 is 0 Å². The van der Waals surface area contributed by atoms with Crippen molar-refractivity contribution in [2.75, 3.05) is 19.6 Å². The summed E-state index contributed by atoms with van der Waals surface area (Å²) in [4.78, 5) is 23.9. The third kappa shape index (κ3) is 6.40. The van der Waals surface area contributed by atoms with Crippen LogP contribution in [0.4, 0.5) is 0 Å². The Hall–Kier alpha value is -1.01. The van der Waals surface area contributed by atoms with Gasteiger partial charge in [0.25, 0.3) is 5.91 Å². The lowest BCUT2D eigenvalue weighted by Gasteiger charge is -2.15.